The minimum Gasteiger partial charge on any atom is -0.493 e. The molecule has 4 rings (SSSR count). The number of methoxy groups -OCH3 is 1. The third kappa shape index (κ3) is 5.19. The normalized spacial score (nSPS) is 14.2. The quantitative estimate of drug-likeness (QED) is 0.465. The smallest absolute Gasteiger partial charge is 0.253 e. The lowest BCUT2D eigenvalue weighted by atomic mass is 9.88. The predicted molar refractivity (Wildman–Crippen MR) is 119 cm³/mol. The zero-order valence-electron chi connectivity index (χ0n) is 17.9. The van der Waals surface area contributed by atoms with Crippen molar-refractivity contribution in [2.75, 3.05) is 20.2 Å². The molecule has 0 spiro atoms. The Morgan fingerprint density at radius 1 is 1.12 bits per heavy atom. The third-order valence-electron chi connectivity index (χ3n) is 5.62. The van der Waals surface area contributed by atoms with Gasteiger partial charge in [-0.15, -0.1) is 11.3 Å². The summed E-state index contributed by atoms with van der Waals surface area (Å²) in [6, 6.07) is 7.84. The van der Waals surface area contributed by atoms with Crippen LogP contribution in [0.5, 0.6) is 11.5 Å². The van der Waals surface area contributed by atoms with Gasteiger partial charge in [0.1, 0.15) is 18.2 Å². The summed E-state index contributed by atoms with van der Waals surface area (Å²) in [5.74, 6) is -1.53. The Morgan fingerprint density at radius 3 is 2.61 bits per heavy atom. The second kappa shape index (κ2) is 10.1. The number of carbonyl (C=O) groups is 2. The van der Waals surface area contributed by atoms with Crippen LogP contribution in [0.3, 0.4) is 0 Å². The lowest BCUT2D eigenvalue weighted by Gasteiger charge is -2.31. The van der Waals surface area contributed by atoms with E-state index in [0.29, 0.717) is 49.6 Å². The molecule has 0 unspecified atom stereocenters. The van der Waals surface area contributed by atoms with Gasteiger partial charge in [0, 0.05) is 30.0 Å². The number of hydrogen-bond donors (Lipinski definition) is 0. The number of carbonyl (C=O) groups excluding carboxylic acids is 2. The SMILES string of the molecule is COc1cc(C(=O)N2CCC(C(=O)c3cc(F)ccc3F)CC2)ccc1OCc1cscn1. The Morgan fingerprint density at radius 2 is 1.91 bits per heavy atom. The van der Waals surface area contributed by atoms with Crippen LogP contribution in [0.4, 0.5) is 8.78 Å². The highest BCUT2D eigenvalue weighted by Crippen LogP contribution is 2.30. The first-order valence-electron chi connectivity index (χ1n) is 10.4. The molecule has 2 heterocycles. The van der Waals surface area contributed by atoms with Crippen molar-refractivity contribution in [2.45, 2.75) is 19.4 Å². The Balaban J connectivity index is 1.39. The van der Waals surface area contributed by atoms with E-state index < -0.39 is 23.3 Å². The summed E-state index contributed by atoms with van der Waals surface area (Å²) >= 11 is 1.48. The van der Waals surface area contributed by atoms with Crippen molar-refractivity contribution in [1.82, 2.24) is 9.88 Å². The van der Waals surface area contributed by atoms with E-state index in [9.17, 15) is 18.4 Å². The molecule has 33 heavy (non-hydrogen) atoms. The maximum Gasteiger partial charge on any atom is 0.253 e. The van der Waals surface area contributed by atoms with Gasteiger partial charge in [-0.3, -0.25) is 9.59 Å². The van der Waals surface area contributed by atoms with Gasteiger partial charge in [-0.25, -0.2) is 13.8 Å². The van der Waals surface area contributed by atoms with Gasteiger partial charge in [-0.2, -0.15) is 0 Å². The van der Waals surface area contributed by atoms with E-state index in [4.69, 9.17) is 9.47 Å². The first-order valence-corrected chi connectivity index (χ1v) is 11.4. The van der Waals surface area contributed by atoms with Crippen LogP contribution in [0.25, 0.3) is 0 Å². The van der Waals surface area contributed by atoms with Crippen LogP contribution in [0.2, 0.25) is 0 Å². The van der Waals surface area contributed by atoms with Gasteiger partial charge in [0.15, 0.2) is 17.3 Å². The minimum atomic E-state index is -0.732. The van der Waals surface area contributed by atoms with Gasteiger partial charge in [0.25, 0.3) is 5.91 Å². The van der Waals surface area contributed by atoms with Crippen molar-refractivity contribution in [3.05, 3.63) is 75.7 Å². The molecule has 1 aromatic heterocycles. The molecule has 0 radical (unpaired) electrons. The number of nitrogens with zero attached hydrogens (tertiary/aromatic N) is 2. The standard InChI is InChI=1S/C24H22F2N2O4S/c1-31-22-10-16(2-5-21(22)32-12-18-13-33-14-27-18)24(30)28-8-6-15(7-9-28)23(29)19-11-17(25)3-4-20(19)26/h2-5,10-11,13-15H,6-9,12H2,1H3. The molecule has 6 nitrogen and oxygen atoms in total. The molecule has 1 aliphatic rings. The Labute approximate surface area is 193 Å². The maximum atomic E-state index is 14.0. The van der Waals surface area contributed by atoms with Crippen LogP contribution in [-0.4, -0.2) is 41.8 Å². The number of halogens is 2. The van der Waals surface area contributed by atoms with E-state index in [1.54, 1.807) is 28.6 Å². The Kier molecular flexibility index (Phi) is 6.98. The van der Waals surface area contributed by atoms with Gasteiger partial charge >= 0.3 is 0 Å². The van der Waals surface area contributed by atoms with E-state index in [-0.39, 0.29) is 11.5 Å². The summed E-state index contributed by atoms with van der Waals surface area (Å²) in [5, 5.41) is 1.89. The lowest BCUT2D eigenvalue weighted by Crippen LogP contribution is -2.40. The summed E-state index contributed by atoms with van der Waals surface area (Å²) in [5.41, 5.74) is 2.73. The van der Waals surface area contributed by atoms with E-state index >= 15 is 0 Å². The molecular weight excluding hydrogens is 450 g/mol. The number of ether oxygens (including phenoxy) is 2. The molecule has 1 aliphatic heterocycles. The zero-order chi connectivity index (χ0) is 23.4. The monoisotopic (exact) mass is 472 g/mol. The minimum absolute atomic E-state index is 0.192. The number of benzene rings is 2. The van der Waals surface area contributed by atoms with E-state index in [1.807, 2.05) is 5.38 Å². The van der Waals surface area contributed by atoms with Crippen molar-refractivity contribution in [2.24, 2.45) is 5.92 Å². The molecule has 0 atom stereocenters. The molecule has 0 aliphatic carbocycles. The highest BCUT2D eigenvalue weighted by atomic mass is 32.1. The van der Waals surface area contributed by atoms with Crippen LogP contribution in [0.1, 0.15) is 39.3 Å². The first-order chi connectivity index (χ1) is 16.0. The van der Waals surface area contributed by atoms with Crippen molar-refractivity contribution >= 4 is 23.0 Å². The lowest BCUT2D eigenvalue weighted by molar-refractivity contribution is 0.0648. The highest BCUT2D eigenvalue weighted by molar-refractivity contribution is 7.07. The fourth-order valence-electron chi connectivity index (χ4n) is 3.81. The van der Waals surface area contributed by atoms with Gasteiger partial charge in [-0.05, 0) is 49.2 Å². The summed E-state index contributed by atoms with van der Waals surface area (Å²) < 4.78 is 38.5. The number of hydrogen-bond acceptors (Lipinski definition) is 6. The van der Waals surface area contributed by atoms with E-state index in [0.717, 1.165) is 23.9 Å². The van der Waals surface area contributed by atoms with Crippen molar-refractivity contribution in [3.63, 3.8) is 0 Å². The van der Waals surface area contributed by atoms with Crippen molar-refractivity contribution < 1.29 is 27.8 Å². The number of amides is 1. The number of Topliss-reactive ketones (excluding diaryl/α,β-unsaturated/α-hetero) is 1. The van der Waals surface area contributed by atoms with Gasteiger partial charge < -0.3 is 14.4 Å². The first kappa shape index (κ1) is 22.8. The Bertz CT molecular complexity index is 1150. The van der Waals surface area contributed by atoms with Gasteiger partial charge in [0.2, 0.25) is 0 Å². The molecular formula is C24H22F2N2O4S. The largest absolute Gasteiger partial charge is 0.493 e. The zero-order valence-corrected chi connectivity index (χ0v) is 18.7. The molecule has 0 N–H and O–H groups in total. The average molecular weight is 473 g/mol. The predicted octanol–water partition coefficient (Wildman–Crippen LogP) is 4.74. The number of likely N-dealkylation sites (tertiary alicyclic amines) is 1. The second-order valence-corrected chi connectivity index (χ2v) is 8.41. The third-order valence-corrected chi connectivity index (χ3v) is 6.25. The topological polar surface area (TPSA) is 68.7 Å². The molecule has 1 amide bonds. The molecule has 0 bridgehead atoms. The number of thiazole rings is 1. The van der Waals surface area contributed by atoms with Crippen LogP contribution < -0.4 is 9.47 Å². The molecule has 172 valence electrons. The fourth-order valence-corrected chi connectivity index (χ4v) is 4.36. The van der Waals surface area contributed by atoms with Crippen molar-refractivity contribution in [3.8, 4) is 11.5 Å². The fraction of sp³-hybridized carbons (Fsp3) is 0.292. The number of aromatic nitrogens is 1. The molecule has 3 aromatic rings. The maximum absolute atomic E-state index is 14.0. The summed E-state index contributed by atoms with van der Waals surface area (Å²) in [6.07, 6.45) is 0.763. The van der Waals surface area contributed by atoms with Crippen LogP contribution in [0.15, 0.2) is 47.3 Å². The number of piperidine rings is 1. The van der Waals surface area contributed by atoms with Crippen LogP contribution >= 0.6 is 11.3 Å². The number of ketones is 1. The molecule has 1 fully saturated rings. The van der Waals surface area contributed by atoms with E-state index in [1.165, 1.54) is 18.4 Å². The van der Waals surface area contributed by atoms with Crippen LogP contribution in [-0.2, 0) is 6.61 Å². The van der Waals surface area contributed by atoms with Gasteiger partial charge in [-0.1, -0.05) is 0 Å². The summed E-state index contributed by atoms with van der Waals surface area (Å²) in [7, 11) is 1.50. The molecule has 1 saturated heterocycles. The average Bonchev–Trinajstić information content (AvgIpc) is 3.37. The summed E-state index contributed by atoms with van der Waals surface area (Å²) in [6.45, 7) is 0.980. The molecule has 0 saturated carbocycles. The van der Waals surface area contributed by atoms with Crippen LogP contribution in [0, 0.1) is 17.6 Å². The van der Waals surface area contributed by atoms with Crippen molar-refractivity contribution in [1.29, 1.82) is 0 Å². The molecule has 2 aromatic carbocycles. The Hall–Kier alpha value is -3.33. The van der Waals surface area contributed by atoms with E-state index in [2.05, 4.69) is 4.98 Å². The summed E-state index contributed by atoms with van der Waals surface area (Å²) in [4.78, 5) is 31.5. The van der Waals surface area contributed by atoms with Gasteiger partial charge in [0.05, 0.1) is 23.9 Å². The highest BCUT2D eigenvalue weighted by Gasteiger charge is 2.30. The molecule has 9 heteroatoms. The number of rotatable bonds is 7. The second-order valence-electron chi connectivity index (χ2n) is 7.69.